The van der Waals surface area contributed by atoms with Gasteiger partial charge in [0.2, 0.25) is 5.88 Å². The number of nitrogens with zero attached hydrogens (tertiary/aromatic N) is 1. The maximum Gasteiger partial charge on any atom is 0.228 e. The second-order valence-corrected chi connectivity index (χ2v) is 5.19. The van der Waals surface area contributed by atoms with Gasteiger partial charge in [0.05, 0.1) is 4.47 Å². The number of hydrogen-bond acceptors (Lipinski definition) is 3. The fourth-order valence-electron chi connectivity index (χ4n) is 1.96. The number of nitrogens with two attached hydrogens (primary N) is 1. The zero-order chi connectivity index (χ0) is 11.5. The molecule has 0 aromatic carbocycles. The Hall–Kier alpha value is -0.610. The molecule has 0 spiro atoms. The third-order valence-electron chi connectivity index (χ3n) is 3.05. The molecule has 2 rings (SSSR count). The van der Waals surface area contributed by atoms with Crippen molar-refractivity contribution in [2.24, 2.45) is 5.73 Å². The minimum atomic E-state index is 0.269. The summed E-state index contributed by atoms with van der Waals surface area (Å²) in [5, 5.41) is 0. The number of ether oxygens (including phenoxy) is 1. The predicted molar refractivity (Wildman–Crippen MR) is 67.5 cm³/mol. The summed E-state index contributed by atoms with van der Waals surface area (Å²) in [6.45, 7) is 2.04. The highest BCUT2D eigenvalue weighted by Crippen LogP contribution is 2.29. The summed E-state index contributed by atoms with van der Waals surface area (Å²) in [5.41, 5.74) is 7.01. The Labute approximate surface area is 105 Å². The molecule has 0 atom stereocenters. The van der Waals surface area contributed by atoms with E-state index in [1.54, 1.807) is 6.20 Å². The molecule has 1 fully saturated rings. The summed E-state index contributed by atoms with van der Waals surface area (Å²) in [7, 11) is 0. The van der Waals surface area contributed by atoms with Crippen LogP contribution in [0.3, 0.4) is 0 Å². The van der Waals surface area contributed by atoms with Crippen LogP contribution < -0.4 is 10.5 Å². The molecule has 1 aromatic rings. The molecule has 0 saturated heterocycles. The minimum absolute atomic E-state index is 0.269. The smallest absolute Gasteiger partial charge is 0.228 e. The van der Waals surface area contributed by atoms with Crippen LogP contribution in [0.1, 0.15) is 31.2 Å². The quantitative estimate of drug-likeness (QED) is 0.909. The van der Waals surface area contributed by atoms with Crippen molar-refractivity contribution in [1.29, 1.82) is 0 Å². The maximum atomic E-state index is 5.90. The van der Waals surface area contributed by atoms with E-state index in [2.05, 4.69) is 20.9 Å². The first-order chi connectivity index (χ1) is 7.66. The van der Waals surface area contributed by atoms with Gasteiger partial charge in [0.1, 0.15) is 6.10 Å². The van der Waals surface area contributed by atoms with Gasteiger partial charge in [0.25, 0.3) is 0 Å². The SMILES string of the molecule is Cc1ccnc(OC2CCC(N)CC2)c1Br. The molecule has 0 aliphatic heterocycles. The van der Waals surface area contributed by atoms with Gasteiger partial charge in [0.15, 0.2) is 0 Å². The van der Waals surface area contributed by atoms with Crippen LogP contribution in [0.4, 0.5) is 0 Å². The molecular weight excluding hydrogens is 268 g/mol. The lowest BCUT2D eigenvalue weighted by Gasteiger charge is -2.26. The summed E-state index contributed by atoms with van der Waals surface area (Å²) in [4.78, 5) is 4.25. The molecule has 1 saturated carbocycles. The maximum absolute atomic E-state index is 5.90. The van der Waals surface area contributed by atoms with Gasteiger partial charge in [-0.1, -0.05) is 0 Å². The van der Waals surface area contributed by atoms with Gasteiger partial charge >= 0.3 is 0 Å². The highest BCUT2D eigenvalue weighted by atomic mass is 79.9. The van der Waals surface area contributed by atoms with Crippen molar-refractivity contribution in [1.82, 2.24) is 4.98 Å². The molecule has 0 bridgehead atoms. The summed E-state index contributed by atoms with van der Waals surface area (Å²) in [6.07, 6.45) is 6.21. The summed E-state index contributed by atoms with van der Waals surface area (Å²) < 4.78 is 6.86. The van der Waals surface area contributed by atoms with E-state index >= 15 is 0 Å². The monoisotopic (exact) mass is 284 g/mol. The van der Waals surface area contributed by atoms with E-state index < -0.39 is 0 Å². The average molecular weight is 285 g/mol. The van der Waals surface area contributed by atoms with Gasteiger partial charge < -0.3 is 10.5 Å². The van der Waals surface area contributed by atoms with Crippen molar-refractivity contribution in [3.8, 4) is 5.88 Å². The van der Waals surface area contributed by atoms with Crippen LogP contribution in [0.5, 0.6) is 5.88 Å². The lowest BCUT2D eigenvalue weighted by atomic mass is 9.94. The number of pyridine rings is 1. The molecule has 1 aromatic heterocycles. The molecule has 3 nitrogen and oxygen atoms in total. The van der Waals surface area contributed by atoms with Crippen LogP contribution in [-0.2, 0) is 0 Å². The van der Waals surface area contributed by atoms with Crippen LogP contribution in [-0.4, -0.2) is 17.1 Å². The normalized spacial score (nSPS) is 25.4. The molecule has 1 aliphatic carbocycles. The molecule has 16 heavy (non-hydrogen) atoms. The Balaban J connectivity index is 2.01. The van der Waals surface area contributed by atoms with Crippen LogP contribution in [0, 0.1) is 6.92 Å². The highest BCUT2D eigenvalue weighted by molar-refractivity contribution is 9.10. The molecule has 0 unspecified atom stereocenters. The first-order valence-electron chi connectivity index (χ1n) is 5.70. The van der Waals surface area contributed by atoms with Gasteiger partial charge in [-0.25, -0.2) is 4.98 Å². The largest absolute Gasteiger partial charge is 0.474 e. The third kappa shape index (κ3) is 2.74. The van der Waals surface area contributed by atoms with E-state index in [4.69, 9.17) is 10.5 Å². The standard InChI is InChI=1S/C12H17BrN2O/c1-8-6-7-15-12(11(8)13)16-10-4-2-9(14)3-5-10/h6-7,9-10H,2-5,14H2,1H3. The van der Waals surface area contributed by atoms with Gasteiger partial charge in [-0.05, 0) is 60.2 Å². The predicted octanol–water partition coefficient (Wildman–Crippen LogP) is 2.80. The van der Waals surface area contributed by atoms with Crippen molar-refractivity contribution < 1.29 is 4.74 Å². The Morgan fingerprint density at radius 3 is 2.75 bits per heavy atom. The van der Waals surface area contributed by atoms with Crippen molar-refractivity contribution >= 4 is 15.9 Å². The highest BCUT2D eigenvalue weighted by Gasteiger charge is 2.21. The van der Waals surface area contributed by atoms with Gasteiger partial charge in [-0.3, -0.25) is 0 Å². The molecule has 1 heterocycles. The average Bonchev–Trinajstić information content (AvgIpc) is 2.28. The van der Waals surface area contributed by atoms with Crippen LogP contribution >= 0.6 is 15.9 Å². The Kier molecular flexibility index (Phi) is 3.82. The number of aromatic nitrogens is 1. The zero-order valence-corrected chi connectivity index (χ0v) is 11.0. The molecule has 0 amide bonds. The number of hydrogen-bond donors (Lipinski definition) is 1. The van der Waals surface area contributed by atoms with Gasteiger partial charge in [0, 0.05) is 12.2 Å². The van der Waals surface area contributed by atoms with Crippen molar-refractivity contribution in [2.75, 3.05) is 0 Å². The molecule has 4 heteroatoms. The number of rotatable bonds is 2. The van der Waals surface area contributed by atoms with Crippen LogP contribution in [0.15, 0.2) is 16.7 Å². The number of aryl methyl sites for hydroxylation is 1. The summed E-state index contributed by atoms with van der Waals surface area (Å²) in [6, 6.07) is 2.32. The van der Waals surface area contributed by atoms with Gasteiger partial charge in [-0.15, -0.1) is 0 Å². The fourth-order valence-corrected chi connectivity index (χ4v) is 2.29. The van der Waals surface area contributed by atoms with E-state index in [0.29, 0.717) is 11.9 Å². The second-order valence-electron chi connectivity index (χ2n) is 4.40. The van der Waals surface area contributed by atoms with E-state index in [1.165, 1.54) is 0 Å². The van der Waals surface area contributed by atoms with E-state index in [9.17, 15) is 0 Å². The lowest BCUT2D eigenvalue weighted by molar-refractivity contribution is 0.140. The van der Waals surface area contributed by atoms with Crippen molar-refractivity contribution in [3.05, 3.63) is 22.3 Å². The second kappa shape index (κ2) is 5.15. The Morgan fingerprint density at radius 1 is 1.38 bits per heavy atom. The molecule has 88 valence electrons. The number of halogens is 1. The fraction of sp³-hybridized carbons (Fsp3) is 0.583. The first kappa shape index (κ1) is 11.9. The van der Waals surface area contributed by atoms with Gasteiger partial charge in [-0.2, -0.15) is 0 Å². The lowest BCUT2D eigenvalue weighted by Crippen LogP contribution is -2.31. The third-order valence-corrected chi connectivity index (χ3v) is 4.01. The Bertz CT molecular complexity index is 362. The molecule has 0 radical (unpaired) electrons. The van der Waals surface area contributed by atoms with Crippen LogP contribution in [0.25, 0.3) is 0 Å². The zero-order valence-electron chi connectivity index (χ0n) is 9.45. The first-order valence-corrected chi connectivity index (χ1v) is 6.49. The van der Waals surface area contributed by atoms with Crippen LogP contribution in [0.2, 0.25) is 0 Å². The molecular formula is C12H17BrN2O. The minimum Gasteiger partial charge on any atom is -0.474 e. The van der Waals surface area contributed by atoms with E-state index in [-0.39, 0.29) is 6.10 Å². The summed E-state index contributed by atoms with van der Waals surface area (Å²) in [5.74, 6) is 0.709. The van der Waals surface area contributed by atoms with E-state index in [1.807, 2.05) is 13.0 Å². The topological polar surface area (TPSA) is 48.1 Å². The van der Waals surface area contributed by atoms with E-state index in [0.717, 1.165) is 35.7 Å². The molecule has 1 aliphatic rings. The van der Waals surface area contributed by atoms with Crippen molar-refractivity contribution in [3.63, 3.8) is 0 Å². The van der Waals surface area contributed by atoms with Crippen molar-refractivity contribution in [2.45, 2.75) is 44.8 Å². The summed E-state index contributed by atoms with van der Waals surface area (Å²) >= 11 is 3.51. The Morgan fingerprint density at radius 2 is 2.06 bits per heavy atom. The molecule has 2 N–H and O–H groups in total.